The number of carbonyl (C=O) groups is 1. The topological polar surface area (TPSA) is 45.2 Å². The maximum absolute atomic E-state index is 11.9. The molecule has 0 aliphatic heterocycles. The van der Waals surface area contributed by atoms with Crippen molar-refractivity contribution in [1.82, 2.24) is 15.2 Å². The molecule has 1 heterocycles. The molecule has 2 aromatic rings. The summed E-state index contributed by atoms with van der Waals surface area (Å²) in [5.74, 6) is 0.117. The first-order valence-corrected chi connectivity index (χ1v) is 7.55. The van der Waals surface area contributed by atoms with Gasteiger partial charge in [-0.3, -0.25) is 9.78 Å². The maximum atomic E-state index is 11.9. The van der Waals surface area contributed by atoms with E-state index in [4.69, 9.17) is 11.6 Å². The summed E-state index contributed by atoms with van der Waals surface area (Å²) in [7, 11) is 0. The molecule has 2 rings (SSSR count). The van der Waals surface area contributed by atoms with Crippen molar-refractivity contribution in [3.8, 4) is 0 Å². The molecule has 0 aliphatic carbocycles. The molecule has 0 saturated heterocycles. The number of aromatic nitrogens is 1. The standard InChI is InChI=1S/C16H20ClN3O/c1-3-20(4-2)15(21)11-18-10-12-7-8-14(17)13-6-5-9-19-16(12)13/h5-9,18H,3-4,10-11H2,1-2H3. The van der Waals surface area contributed by atoms with Crippen LogP contribution in [0.25, 0.3) is 10.9 Å². The third-order valence-corrected chi connectivity index (χ3v) is 3.84. The summed E-state index contributed by atoms with van der Waals surface area (Å²) in [6, 6.07) is 7.64. The van der Waals surface area contributed by atoms with E-state index in [1.54, 1.807) is 6.20 Å². The highest BCUT2D eigenvalue weighted by atomic mass is 35.5. The second-order valence-electron chi connectivity index (χ2n) is 4.78. The molecule has 0 radical (unpaired) electrons. The van der Waals surface area contributed by atoms with Crippen molar-refractivity contribution in [3.63, 3.8) is 0 Å². The van der Waals surface area contributed by atoms with Crippen LogP contribution in [0.5, 0.6) is 0 Å². The van der Waals surface area contributed by atoms with Crippen LogP contribution < -0.4 is 5.32 Å². The van der Waals surface area contributed by atoms with Gasteiger partial charge in [0.05, 0.1) is 12.1 Å². The number of pyridine rings is 1. The lowest BCUT2D eigenvalue weighted by molar-refractivity contribution is -0.129. The summed E-state index contributed by atoms with van der Waals surface area (Å²) >= 11 is 6.17. The summed E-state index contributed by atoms with van der Waals surface area (Å²) in [5, 5.41) is 4.82. The van der Waals surface area contributed by atoms with E-state index in [9.17, 15) is 4.79 Å². The molecule has 4 nitrogen and oxygen atoms in total. The number of hydrogen-bond acceptors (Lipinski definition) is 3. The summed E-state index contributed by atoms with van der Waals surface area (Å²) < 4.78 is 0. The number of likely N-dealkylation sites (N-methyl/N-ethyl adjacent to an activating group) is 1. The summed E-state index contributed by atoms with van der Waals surface area (Å²) in [6.45, 7) is 6.37. The van der Waals surface area contributed by atoms with E-state index in [1.807, 2.05) is 43.0 Å². The second kappa shape index (κ2) is 7.38. The Morgan fingerprint density at radius 2 is 2.05 bits per heavy atom. The van der Waals surface area contributed by atoms with Crippen LogP contribution >= 0.6 is 11.6 Å². The monoisotopic (exact) mass is 305 g/mol. The summed E-state index contributed by atoms with van der Waals surface area (Å²) in [4.78, 5) is 18.1. The third-order valence-electron chi connectivity index (χ3n) is 3.51. The Hall–Kier alpha value is -1.65. The minimum Gasteiger partial charge on any atom is -0.342 e. The number of carbonyl (C=O) groups excluding carboxylic acids is 1. The van der Waals surface area contributed by atoms with Crippen molar-refractivity contribution < 1.29 is 4.79 Å². The highest BCUT2D eigenvalue weighted by molar-refractivity contribution is 6.35. The Balaban J connectivity index is 2.05. The summed E-state index contributed by atoms with van der Waals surface area (Å²) in [6.07, 6.45) is 1.75. The molecule has 1 amide bonds. The van der Waals surface area contributed by atoms with Crippen LogP contribution in [0.1, 0.15) is 19.4 Å². The maximum Gasteiger partial charge on any atom is 0.236 e. The highest BCUT2D eigenvalue weighted by Crippen LogP contribution is 2.24. The van der Waals surface area contributed by atoms with Crippen molar-refractivity contribution in [3.05, 3.63) is 41.0 Å². The largest absolute Gasteiger partial charge is 0.342 e. The van der Waals surface area contributed by atoms with Gasteiger partial charge in [-0.2, -0.15) is 0 Å². The molecular weight excluding hydrogens is 286 g/mol. The fourth-order valence-corrected chi connectivity index (χ4v) is 2.55. The van der Waals surface area contributed by atoms with E-state index in [-0.39, 0.29) is 5.91 Å². The Kier molecular flexibility index (Phi) is 5.53. The zero-order valence-corrected chi connectivity index (χ0v) is 13.2. The van der Waals surface area contributed by atoms with Gasteiger partial charge in [0.2, 0.25) is 5.91 Å². The van der Waals surface area contributed by atoms with Gasteiger partial charge >= 0.3 is 0 Å². The molecule has 0 aliphatic rings. The number of halogens is 1. The number of fused-ring (bicyclic) bond motifs is 1. The number of rotatable bonds is 6. The van der Waals surface area contributed by atoms with Crippen LogP contribution in [0.15, 0.2) is 30.5 Å². The van der Waals surface area contributed by atoms with E-state index < -0.39 is 0 Å². The number of nitrogens with one attached hydrogen (secondary N) is 1. The van der Waals surface area contributed by atoms with Crippen LogP contribution in [0.3, 0.4) is 0 Å². The lowest BCUT2D eigenvalue weighted by Gasteiger charge is -2.18. The van der Waals surface area contributed by atoms with Gasteiger partial charge in [0, 0.05) is 36.2 Å². The van der Waals surface area contributed by atoms with E-state index >= 15 is 0 Å². The first-order chi connectivity index (χ1) is 10.2. The molecule has 0 saturated carbocycles. The molecule has 0 bridgehead atoms. The fourth-order valence-electron chi connectivity index (χ4n) is 2.33. The van der Waals surface area contributed by atoms with Gasteiger partial charge in [-0.05, 0) is 37.6 Å². The van der Waals surface area contributed by atoms with Crippen molar-refractivity contribution in [1.29, 1.82) is 0 Å². The minimum atomic E-state index is 0.117. The summed E-state index contributed by atoms with van der Waals surface area (Å²) in [5.41, 5.74) is 1.93. The first kappa shape index (κ1) is 15.7. The lowest BCUT2D eigenvalue weighted by atomic mass is 10.1. The molecule has 0 unspecified atom stereocenters. The number of nitrogens with zero attached hydrogens (tertiary/aromatic N) is 2. The molecule has 0 atom stereocenters. The fraction of sp³-hybridized carbons (Fsp3) is 0.375. The van der Waals surface area contributed by atoms with E-state index in [0.29, 0.717) is 18.1 Å². The quantitative estimate of drug-likeness (QED) is 0.892. The second-order valence-corrected chi connectivity index (χ2v) is 5.18. The Labute approximate surface area is 130 Å². The molecule has 1 aromatic heterocycles. The average Bonchev–Trinajstić information content (AvgIpc) is 2.51. The van der Waals surface area contributed by atoms with Gasteiger partial charge < -0.3 is 10.2 Å². The predicted molar refractivity (Wildman–Crippen MR) is 86.4 cm³/mol. The number of benzene rings is 1. The van der Waals surface area contributed by atoms with E-state index in [1.165, 1.54) is 0 Å². The van der Waals surface area contributed by atoms with Crippen molar-refractivity contribution in [2.24, 2.45) is 0 Å². The lowest BCUT2D eigenvalue weighted by Crippen LogP contribution is -2.37. The zero-order valence-electron chi connectivity index (χ0n) is 12.4. The Bertz CT molecular complexity index is 626. The van der Waals surface area contributed by atoms with Crippen LogP contribution in [0.4, 0.5) is 0 Å². The van der Waals surface area contributed by atoms with Gasteiger partial charge in [0.15, 0.2) is 0 Å². The molecule has 112 valence electrons. The molecule has 0 fully saturated rings. The minimum absolute atomic E-state index is 0.117. The Morgan fingerprint density at radius 1 is 1.29 bits per heavy atom. The molecular formula is C16H20ClN3O. The molecule has 0 spiro atoms. The molecule has 21 heavy (non-hydrogen) atoms. The van der Waals surface area contributed by atoms with Crippen molar-refractivity contribution >= 4 is 28.4 Å². The van der Waals surface area contributed by atoms with Gasteiger partial charge in [-0.1, -0.05) is 17.7 Å². The number of hydrogen-bond donors (Lipinski definition) is 1. The molecule has 1 aromatic carbocycles. The van der Waals surface area contributed by atoms with Gasteiger partial charge in [0.25, 0.3) is 0 Å². The Morgan fingerprint density at radius 3 is 2.76 bits per heavy atom. The van der Waals surface area contributed by atoms with Gasteiger partial charge in [0.1, 0.15) is 0 Å². The molecule has 5 heteroatoms. The van der Waals surface area contributed by atoms with Crippen molar-refractivity contribution in [2.45, 2.75) is 20.4 Å². The highest BCUT2D eigenvalue weighted by Gasteiger charge is 2.10. The number of amides is 1. The van der Waals surface area contributed by atoms with Crippen LogP contribution in [-0.2, 0) is 11.3 Å². The van der Waals surface area contributed by atoms with Gasteiger partial charge in [-0.15, -0.1) is 0 Å². The van der Waals surface area contributed by atoms with E-state index in [2.05, 4.69) is 10.3 Å². The SMILES string of the molecule is CCN(CC)C(=O)CNCc1ccc(Cl)c2cccnc12. The smallest absolute Gasteiger partial charge is 0.236 e. The molecule has 1 N–H and O–H groups in total. The first-order valence-electron chi connectivity index (χ1n) is 7.18. The van der Waals surface area contributed by atoms with Gasteiger partial charge in [-0.25, -0.2) is 0 Å². The average molecular weight is 306 g/mol. The normalized spacial score (nSPS) is 10.8. The van der Waals surface area contributed by atoms with Crippen LogP contribution in [0.2, 0.25) is 5.02 Å². The third kappa shape index (κ3) is 3.71. The van der Waals surface area contributed by atoms with Crippen molar-refractivity contribution in [2.75, 3.05) is 19.6 Å². The zero-order chi connectivity index (χ0) is 15.2. The van der Waals surface area contributed by atoms with Crippen LogP contribution in [-0.4, -0.2) is 35.4 Å². The van der Waals surface area contributed by atoms with E-state index in [0.717, 1.165) is 29.6 Å². The van der Waals surface area contributed by atoms with Crippen LogP contribution in [0, 0.1) is 0 Å². The predicted octanol–water partition coefficient (Wildman–Crippen LogP) is 2.85.